The van der Waals surface area contributed by atoms with E-state index in [1.165, 1.54) is 13.0 Å². The van der Waals surface area contributed by atoms with E-state index in [1.54, 1.807) is 6.92 Å². The molecule has 0 spiro atoms. The van der Waals surface area contributed by atoms with E-state index in [2.05, 4.69) is 0 Å². The summed E-state index contributed by atoms with van der Waals surface area (Å²) in [7, 11) is 1.14. The van der Waals surface area contributed by atoms with Crippen LogP contribution in [-0.2, 0) is 11.3 Å². The Morgan fingerprint density at radius 2 is 1.75 bits per heavy atom. The maximum absolute atomic E-state index is 12.7. The van der Waals surface area contributed by atoms with Crippen LogP contribution in [0.25, 0.3) is 0 Å². The molecule has 0 bridgehead atoms. The topological polar surface area (TPSA) is 140 Å². The highest BCUT2D eigenvalue weighted by atomic mass is 16.6. The van der Waals surface area contributed by atoms with Gasteiger partial charge in [-0.3, -0.25) is 0 Å². The lowest BCUT2D eigenvalue weighted by Gasteiger charge is -2.17. The molecule has 0 amide bonds. The summed E-state index contributed by atoms with van der Waals surface area (Å²) in [5.74, 6) is -4.91. The summed E-state index contributed by atoms with van der Waals surface area (Å²) in [5, 5.41) is 29.3. The van der Waals surface area contributed by atoms with Crippen molar-refractivity contribution >= 4 is 17.9 Å². The van der Waals surface area contributed by atoms with E-state index >= 15 is 0 Å². The average Bonchev–Trinajstić information content (AvgIpc) is 2.76. The van der Waals surface area contributed by atoms with Gasteiger partial charge in [-0.2, -0.15) is 0 Å². The second-order valence-corrected chi connectivity index (χ2v) is 6.12. The van der Waals surface area contributed by atoms with Gasteiger partial charge in [-0.15, -0.1) is 0 Å². The average molecular weight is 388 g/mol. The number of aliphatic hydroxyl groups excluding tert-OH is 1. The zero-order valence-electron chi connectivity index (χ0n) is 15.2. The SMILES string of the molecule is COC(=O)c1cc(C)c(CO)c2c1Oc1c(c(C)cc(O)c1C(=O)O)C(=O)O2. The summed E-state index contributed by atoms with van der Waals surface area (Å²) >= 11 is 0. The number of methoxy groups -OCH3 is 1. The second kappa shape index (κ2) is 6.86. The third-order valence-corrected chi connectivity index (χ3v) is 4.40. The molecule has 3 N–H and O–H groups in total. The molecule has 0 aliphatic carbocycles. The normalized spacial score (nSPS) is 12.2. The molecule has 0 saturated carbocycles. The number of carbonyl (C=O) groups excluding carboxylic acids is 2. The molecule has 1 heterocycles. The van der Waals surface area contributed by atoms with Gasteiger partial charge in [-0.1, -0.05) is 0 Å². The van der Waals surface area contributed by atoms with Crippen LogP contribution in [0.5, 0.6) is 23.0 Å². The van der Waals surface area contributed by atoms with Crippen LogP contribution in [0.3, 0.4) is 0 Å². The van der Waals surface area contributed by atoms with Gasteiger partial charge in [0.2, 0.25) is 0 Å². The Morgan fingerprint density at radius 1 is 1.07 bits per heavy atom. The number of hydrogen-bond donors (Lipinski definition) is 3. The first-order valence-corrected chi connectivity index (χ1v) is 8.06. The Balaban J connectivity index is 2.42. The van der Waals surface area contributed by atoms with Crippen molar-refractivity contribution in [2.24, 2.45) is 0 Å². The zero-order chi connectivity index (χ0) is 20.7. The molecular formula is C19H16O9. The maximum Gasteiger partial charge on any atom is 0.347 e. The highest BCUT2D eigenvalue weighted by molar-refractivity contribution is 6.05. The zero-order valence-corrected chi connectivity index (χ0v) is 15.2. The summed E-state index contributed by atoms with van der Waals surface area (Å²) in [6, 6.07) is 2.47. The number of carbonyl (C=O) groups is 3. The number of fused-ring (bicyclic) bond motifs is 2. The molecule has 0 atom stereocenters. The molecule has 146 valence electrons. The Hall–Kier alpha value is -3.59. The third-order valence-electron chi connectivity index (χ3n) is 4.40. The van der Waals surface area contributed by atoms with E-state index in [0.29, 0.717) is 5.56 Å². The van der Waals surface area contributed by atoms with E-state index < -0.39 is 41.6 Å². The van der Waals surface area contributed by atoms with Crippen molar-refractivity contribution in [3.05, 3.63) is 45.5 Å². The van der Waals surface area contributed by atoms with Crippen LogP contribution >= 0.6 is 0 Å². The van der Waals surface area contributed by atoms with Crippen molar-refractivity contribution in [2.45, 2.75) is 20.5 Å². The number of aromatic carboxylic acids is 1. The summed E-state index contributed by atoms with van der Waals surface area (Å²) in [6.07, 6.45) is 0. The maximum atomic E-state index is 12.7. The summed E-state index contributed by atoms with van der Waals surface area (Å²) in [4.78, 5) is 36.6. The smallest absolute Gasteiger partial charge is 0.347 e. The van der Waals surface area contributed by atoms with Crippen molar-refractivity contribution in [1.82, 2.24) is 0 Å². The minimum atomic E-state index is -1.54. The fourth-order valence-corrected chi connectivity index (χ4v) is 3.05. The molecule has 0 fully saturated rings. The number of aliphatic hydroxyl groups is 1. The van der Waals surface area contributed by atoms with Gasteiger partial charge < -0.3 is 29.5 Å². The fraction of sp³-hybridized carbons (Fsp3) is 0.211. The minimum Gasteiger partial charge on any atom is -0.507 e. The first-order chi connectivity index (χ1) is 13.2. The van der Waals surface area contributed by atoms with Crippen molar-refractivity contribution < 1.29 is 43.9 Å². The Labute approximate surface area is 158 Å². The third kappa shape index (κ3) is 2.81. The minimum absolute atomic E-state index is 0.134. The molecule has 0 aromatic heterocycles. The highest BCUT2D eigenvalue weighted by Gasteiger charge is 2.35. The van der Waals surface area contributed by atoms with Gasteiger partial charge in [-0.05, 0) is 37.1 Å². The lowest BCUT2D eigenvalue weighted by molar-refractivity contribution is 0.0594. The standard InChI is InChI=1S/C19H16O9/c1-7-4-9(18(24)26-3)14-15(10(7)6-20)28-19(25)12-8(2)5-11(21)13(17(22)23)16(12)27-14/h4-5,20-21H,6H2,1-3H3,(H,22,23). The number of aryl methyl sites for hydroxylation is 2. The van der Waals surface area contributed by atoms with E-state index in [1.807, 2.05) is 0 Å². The number of hydrogen-bond acceptors (Lipinski definition) is 8. The molecule has 0 unspecified atom stereocenters. The Morgan fingerprint density at radius 3 is 2.32 bits per heavy atom. The number of carboxylic acid groups (broad SMARTS) is 1. The van der Waals surface area contributed by atoms with Gasteiger partial charge in [0, 0.05) is 5.56 Å². The number of phenols is 1. The monoisotopic (exact) mass is 388 g/mol. The number of carboxylic acids is 1. The predicted molar refractivity (Wildman–Crippen MR) is 93.3 cm³/mol. The van der Waals surface area contributed by atoms with Crippen LogP contribution in [0.4, 0.5) is 0 Å². The van der Waals surface area contributed by atoms with Crippen LogP contribution < -0.4 is 9.47 Å². The fourth-order valence-electron chi connectivity index (χ4n) is 3.05. The van der Waals surface area contributed by atoms with Gasteiger partial charge in [-0.25, -0.2) is 14.4 Å². The van der Waals surface area contributed by atoms with Crippen LogP contribution in [0, 0.1) is 13.8 Å². The predicted octanol–water partition coefficient (Wildman–Crippen LogP) is 2.31. The molecule has 1 aliphatic heterocycles. The van der Waals surface area contributed by atoms with Gasteiger partial charge in [0.15, 0.2) is 17.2 Å². The second-order valence-electron chi connectivity index (χ2n) is 6.12. The van der Waals surface area contributed by atoms with Crippen molar-refractivity contribution in [3.63, 3.8) is 0 Å². The Kier molecular flexibility index (Phi) is 4.70. The lowest BCUT2D eigenvalue weighted by atomic mass is 10.0. The van der Waals surface area contributed by atoms with Crippen molar-refractivity contribution in [3.8, 4) is 23.0 Å². The summed E-state index contributed by atoms with van der Waals surface area (Å²) < 4.78 is 15.8. The number of esters is 2. The van der Waals surface area contributed by atoms with Crippen molar-refractivity contribution in [2.75, 3.05) is 7.11 Å². The summed E-state index contributed by atoms with van der Waals surface area (Å²) in [6.45, 7) is 2.52. The number of benzene rings is 2. The molecule has 3 rings (SSSR count). The van der Waals surface area contributed by atoms with Gasteiger partial charge >= 0.3 is 17.9 Å². The molecule has 0 saturated heterocycles. The van der Waals surface area contributed by atoms with E-state index in [-0.39, 0.29) is 33.8 Å². The van der Waals surface area contributed by atoms with E-state index in [9.17, 15) is 29.7 Å². The van der Waals surface area contributed by atoms with E-state index in [4.69, 9.17) is 14.2 Å². The summed E-state index contributed by atoms with van der Waals surface area (Å²) in [5.41, 5.74) is -0.192. The number of ether oxygens (including phenoxy) is 3. The molecule has 2 aromatic rings. The van der Waals surface area contributed by atoms with Gasteiger partial charge in [0.1, 0.15) is 22.4 Å². The van der Waals surface area contributed by atoms with Crippen molar-refractivity contribution in [1.29, 1.82) is 0 Å². The number of rotatable bonds is 3. The van der Waals surface area contributed by atoms with E-state index in [0.717, 1.165) is 13.2 Å². The molecule has 0 radical (unpaired) electrons. The first-order valence-electron chi connectivity index (χ1n) is 8.06. The van der Waals surface area contributed by atoms with Crippen LogP contribution in [0.15, 0.2) is 12.1 Å². The largest absolute Gasteiger partial charge is 0.507 e. The molecule has 28 heavy (non-hydrogen) atoms. The lowest BCUT2D eigenvalue weighted by Crippen LogP contribution is -2.12. The first kappa shape index (κ1) is 19.2. The van der Waals surface area contributed by atoms with Crippen LogP contribution in [0.2, 0.25) is 0 Å². The Bertz CT molecular complexity index is 1040. The molecule has 9 heteroatoms. The quantitative estimate of drug-likeness (QED) is 0.534. The molecule has 9 nitrogen and oxygen atoms in total. The highest BCUT2D eigenvalue weighted by Crippen LogP contribution is 2.47. The van der Waals surface area contributed by atoms with Gasteiger partial charge in [0.25, 0.3) is 0 Å². The number of aromatic hydroxyl groups is 1. The molecular weight excluding hydrogens is 372 g/mol. The van der Waals surface area contributed by atoms with Gasteiger partial charge in [0.05, 0.1) is 13.7 Å². The van der Waals surface area contributed by atoms with Crippen LogP contribution in [-0.4, -0.2) is 40.3 Å². The van der Waals surface area contributed by atoms with Crippen LogP contribution in [0.1, 0.15) is 47.8 Å². The molecule has 1 aliphatic rings. The molecule has 2 aromatic carbocycles.